The summed E-state index contributed by atoms with van der Waals surface area (Å²) in [5, 5.41) is 23.2. The summed E-state index contributed by atoms with van der Waals surface area (Å²) in [4.78, 5) is 28.5. The molecule has 0 saturated heterocycles. The van der Waals surface area contributed by atoms with E-state index in [1.54, 1.807) is 19.3 Å². The summed E-state index contributed by atoms with van der Waals surface area (Å²) in [6, 6.07) is 3.32. The second-order valence-electron chi connectivity index (χ2n) is 6.79. The second-order valence-corrected chi connectivity index (χ2v) is 6.79. The van der Waals surface area contributed by atoms with Gasteiger partial charge in [0.1, 0.15) is 11.4 Å². The summed E-state index contributed by atoms with van der Waals surface area (Å²) >= 11 is 0. The Morgan fingerprint density at radius 3 is 2.89 bits per heavy atom. The fourth-order valence-corrected chi connectivity index (χ4v) is 3.19. The van der Waals surface area contributed by atoms with Gasteiger partial charge in [0.25, 0.3) is 0 Å². The maximum absolute atomic E-state index is 12.3. The van der Waals surface area contributed by atoms with Gasteiger partial charge in [0.15, 0.2) is 0 Å². The van der Waals surface area contributed by atoms with Crippen molar-refractivity contribution in [3.05, 3.63) is 41.5 Å². The minimum absolute atomic E-state index is 0.145. The molecule has 0 radical (unpaired) electrons. The summed E-state index contributed by atoms with van der Waals surface area (Å²) in [5.74, 6) is -0.680. The van der Waals surface area contributed by atoms with E-state index in [1.807, 2.05) is 12.1 Å². The molecular weight excluding hydrogens is 350 g/mol. The molecule has 0 aliphatic heterocycles. The van der Waals surface area contributed by atoms with Crippen LogP contribution in [0.15, 0.2) is 29.2 Å². The number of hydrogen-bond acceptors (Lipinski definition) is 7. The number of pyridine rings is 1. The van der Waals surface area contributed by atoms with Crippen LogP contribution < -0.4 is 10.6 Å². The van der Waals surface area contributed by atoms with Crippen molar-refractivity contribution < 1.29 is 19.3 Å². The fraction of sp³-hybridized carbons (Fsp3) is 0.500. The van der Waals surface area contributed by atoms with Gasteiger partial charge in [-0.3, -0.25) is 14.6 Å². The Hall–Kier alpha value is -2.81. The molecule has 2 heterocycles. The number of aryl methyl sites for hydroxylation is 2. The van der Waals surface area contributed by atoms with Crippen molar-refractivity contribution in [2.45, 2.75) is 51.3 Å². The van der Waals surface area contributed by atoms with E-state index < -0.39 is 12.1 Å². The van der Waals surface area contributed by atoms with E-state index in [-0.39, 0.29) is 24.3 Å². The average Bonchev–Trinajstić information content (AvgIpc) is 3.24. The first-order valence-electron chi connectivity index (χ1n) is 8.95. The fourth-order valence-electron chi connectivity index (χ4n) is 3.19. The molecule has 0 aromatic carbocycles. The molecular formula is C18H23N5O4. The molecule has 9 nitrogen and oxygen atoms in total. The Kier molecular flexibility index (Phi) is 6.12. The number of aliphatic hydroxyl groups is 1. The standard InChI is InChI=1S/C18H23N5O4/c1-11-15(23-27-22-11)10-20-18(26)13-7-14(16(24)8-13)21-17(25)5-4-12-3-2-6-19-9-12/h2-3,6,9,13-14,16,24H,4-5,7-8,10H2,1H3,(H,20,26)(H,21,25)/t13-,14-,16-/m0/s1. The minimum atomic E-state index is -0.737. The van der Waals surface area contributed by atoms with Crippen molar-refractivity contribution in [3.8, 4) is 0 Å². The number of aromatic nitrogens is 3. The minimum Gasteiger partial charge on any atom is -0.391 e. The first-order chi connectivity index (χ1) is 13.0. The summed E-state index contributed by atoms with van der Waals surface area (Å²) < 4.78 is 4.59. The highest BCUT2D eigenvalue weighted by molar-refractivity contribution is 5.80. The highest BCUT2D eigenvalue weighted by atomic mass is 16.6. The molecule has 144 valence electrons. The van der Waals surface area contributed by atoms with Gasteiger partial charge in [0.05, 0.1) is 18.7 Å². The van der Waals surface area contributed by atoms with Crippen molar-refractivity contribution >= 4 is 11.8 Å². The zero-order valence-corrected chi connectivity index (χ0v) is 15.1. The van der Waals surface area contributed by atoms with E-state index in [4.69, 9.17) is 0 Å². The van der Waals surface area contributed by atoms with E-state index >= 15 is 0 Å². The number of nitrogens with zero attached hydrogens (tertiary/aromatic N) is 3. The molecule has 3 N–H and O–H groups in total. The molecule has 0 bridgehead atoms. The summed E-state index contributed by atoms with van der Waals surface area (Å²) in [5.41, 5.74) is 2.18. The van der Waals surface area contributed by atoms with Gasteiger partial charge in [-0.2, -0.15) is 0 Å². The van der Waals surface area contributed by atoms with Crippen LogP contribution in [0.5, 0.6) is 0 Å². The van der Waals surface area contributed by atoms with Crippen LogP contribution in [0.1, 0.15) is 36.2 Å². The largest absolute Gasteiger partial charge is 0.391 e. The highest BCUT2D eigenvalue weighted by Gasteiger charge is 2.37. The third-order valence-corrected chi connectivity index (χ3v) is 4.79. The van der Waals surface area contributed by atoms with Gasteiger partial charge in [0.2, 0.25) is 11.8 Å². The number of amides is 2. The SMILES string of the molecule is Cc1nonc1CNC(=O)[C@H]1C[C@H](NC(=O)CCc2cccnc2)[C@@H](O)C1. The van der Waals surface area contributed by atoms with Crippen molar-refractivity contribution in [2.75, 3.05) is 0 Å². The van der Waals surface area contributed by atoms with E-state index in [9.17, 15) is 14.7 Å². The van der Waals surface area contributed by atoms with Gasteiger partial charge in [-0.25, -0.2) is 4.63 Å². The van der Waals surface area contributed by atoms with Crippen molar-refractivity contribution in [1.82, 2.24) is 25.9 Å². The molecule has 1 aliphatic rings. The Morgan fingerprint density at radius 1 is 1.33 bits per heavy atom. The predicted molar refractivity (Wildman–Crippen MR) is 94.1 cm³/mol. The first kappa shape index (κ1) is 19.0. The van der Waals surface area contributed by atoms with E-state index in [0.717, 1.165) is 5.56 Å². The number of carbonyl (C=O) groups excluding carboxylic acids is 2. The maximum atomic E-state index is 12.3. The van der Waals surface area contributed by atoms with Gasteiger partial charge in [-0.15, -0.1) is 0 Å². The molecule has 2 amide bonds. The lowest BCUT2D eigenvalue weighted by Gasteiger charge is -2.16. The zero-order chi connectivity index (χ0) is 19.2. The van der Waals surface area contributed by atoms with Crippen molar-refractivity contribution in [1.29, 1.82) is 0 Å². The number of aliphatic hydroxyl groups excluding tert-OH is 1. The van der Waals surface area contributed by atoms with Crippen LogP contribution in [0.25, 0.3) is 0 Å². The third kappa shape index (κ3) is 5.10. The van der Waals surface area contributed by atoms with Crippen LogP contribution >= 0.6 is 0 Å². The molecule has 2 aromatic heterocycles. The van der Waals surface area contributed by atoms with Crippen LogP contribution in [-0.2, 0) is 22.6 Å². The lowest BCUT2D eigenvalue weighted by atomic mass is 10.1. The van der Waals surface area contributed by atoms with Crippen LogP contribution in [0.3, 0.4) is 0 Å². The molecule has 2 aromatic rings. The van der Waals surface area contributed by atoms with Crippen LogP contribution in [-0.4, -0.2) is 44.4 Å². The molecule has 1 saturated carbocycles. The normalized spacial score (nSPS) is 21.8. The van der Waals surface area contributed by atoms with Crippen molar-refractivity contribution in [3.63, 3.8) is 0 Å². The van der Waals surface area contributed by atoms with Gasteiger partial charge in [0, 0.05) is 24.7 Å². The molecule has 27 heavy (non-hydrogen) atoms. The monoisotopic (exact) mass is 373 g/mol. The maximum Gasteiger partial charge on any atom is 0.223 e. The summed E-state index contributed by atoms with van der Waals surface area (Å²) in [6.07, 6.45) is 4.28. The number of hydrogen-bond donors (Lipinski definition) is 3. The number of carbonyl (C=O) groups is 2. The molecule has 1 aliphatic carbocycles. The molecule has 1 fully saturated rings. The second kappa shape index (κ2) is 8.72. The molecule has 0 unspecified atom stereocenters. The molecule has 0 spiro atoms. The highest BCUT2D eigenvalue weighted by Crippen LogP contribution is 2.26. The molecule has 3 rings (SSSR count). The Bertz CT molecular complexity index is 779. The average molecular weight is 373 g/mol. The topological polar surface area (TPSA) is 130 Å². The Labute approximate surface area is 156 Å². The van der Waals surface area contributed by atoms with Crippen LogP contribution in [0, 0.1) is 12.8 Å². The zero-order valence-electron chi connectivity index (χ0n) is 15.1. The lowest BCUT2D eigenvalue weighted by molar-refractivity contribution is -0.125. The van der Waals surface area contributed by atoms with E-state index in [0.29, 0.717) is 37.1 Å². The first-order valence-corrected chi connectivity index (χ1v) is 8.95. The van der Waals surface area contributed by atoms with Gasteiger partial charge in [-0.05, 0) is 37.8 Å². The van der Waals surface area contributed by atoms with Gasteiger partial charge in [-0.1, -0.05) is 16.4 Å². The summed E-state index contributed by atoms with van der Waals surface area (Å²) in [6.45, 7) is 1.97. The molecule has 9 heteroatoms. The van der Waals surface area contributed by atoms with Crippen LogP contribution in [0.2, 0.25) is 0 Å². The predicted octanol–water partition coefficient (Wildman–Crippen LogP) is 0.278. The van der Waals surface area contributed by atoms with Gasteiger partial charge >= 0.3 is 0 Å². The number of nitrogens with one attached hydrogen (secondary N) is 2. The lowest BCUT2D eigenvalue weighted by Crippen LogP contribution is -2.40. The van der Waals surface area contributed by atoms with Crippen LogP contribution in [0.4, 0.5) is 0 Å². The van der Waals surface area contributed by atoms with E-state index in [2.05, 4.69) is 30.6 Å². The Morgan fingerprint density at radius 2 is 2.19 bits per heavy atom. The Balaban J connectivity index is 1.43. The van der Waals surface area contributed by atoms with Gasteiger partial charge < -0.3 is 15.7 Å². The molecule has 3 atom stereocenters. The third-order valence-electron chi connectivity index (χ3n) is 4.79. The summed E-state index contributed by atoms with van der Waals surface area (Å²) in [7, 11) is 0. The van der Waals surface area contributed by atoms with Crippen molar-refractivity contribution in [2.24, 2.45) is 5.92 Å². The number of rotatable bonds is 7. The van der Waals surface area contributed by atoms with E-state index in [1.165, 1.54) is 0 Å². The quantitative estimate of drug-likeness (QED) is 0.635. The smallest absolute Gasteiger partial charge is 0.223 e.